The lowest BCUT2D eigenvalue weighted by molar-refractivity contribution is -0.114. The molecular weight excluding hydrogens is 255 g/mol. The molecule has 0 saturated carbocycles. The molecule has 0 aliphatic carbocycles. The van der Waals surface area contributed by atoms with Gasteiger partial charge < -0.3 is 10.6 Å². The van der Waals surface area contributed by atoms with Crippen molar-refractivity contribution >= 4 is 17.3 Å². The molecule has 2 rings (SSSR count). The second kappa shape index (κ2) is 6.19. The molecule has 0 aromatic heterocycles. The van der Waals surface area contributed by atoms with Crippen LogP contribution in [0.1, 0.15) is 18.1 Å². The summed E-state index contributed by atoms with van der Waals surface area (Å²) in [7, 11) is 0. The van der Waals surface area contributed by atoms with Crippen LogP contribution < -0.4 is 10.6 Å². The third-order valence-corrected chi connectivity index (χ3v) is 2.93. The number of rotatable bonds is 4. The van der Waals surface area contributed by atoms with E-state index in [-0.39, 0.29) is 11.7 Å². The van der Waals surface area contributed by atoms with Gasteiger partial charge in [0.25, 0.3) is 0 Å². The molecular formula is C16H17FN2O. The Bertz CT molecular complexity index is 626. The van der Waals surface area contributed by atoms with Gasteiger partial charge in [-0.25, -0.2) is 4.39 Å². The standard InChI is InChI=1S/C16H17FN2O/c1-11-6-7-15(9-16(11)19-12(2)20)18-10-13-4-3-5-14(17)8-13/h3-9,18H,10H2,1-2H3,(H,19,20). The number of aryl methyl sites for hydroxylation is 1. The number of hydrogen-bond donors (Lipinski definition) is 2. The van der Waals surface area contributed by atoms with Crippen molar-refractivity contribution in [2.75, 3.05) is 10.6 Å². The molecule has 4 heteroatoms. The first-order chi connectivity index (χ1) is 9.54. The average molecular weight is 272 g/mol. The van der Waals surface area contributed by atoms with Gasteiger partial charge >= 0.3 is 0 Å². The lowest BCUT2D eigenvalue weighted by Crippen LogP contribution is -2.08. The molecule has 0 aliphatic heterocycles. The molecule has 2 N–H and O–H groups in total. The summed E-state index contributed by atoms with van der Waals surface area (Å²) < 4.78 is 13.1. The van der Waals surface area contributed by atoms with Crippen LogP contribution in [0, 0.1) is 12.7 Å². The van der Waals surface area contributed by atoms with E-state index in [1.54, 1.807) is 6.07 Å². The minimum Gasteiger partial charge on any atom is -0.381 e. The molecule has 0 spiro atoms. The number of nitrogens with one attached hydrogen (secondary N) is 2. The molecule has 0 radical (unpaired) electrons. The molecule has 0 fully saturated rings. The topological polar surface area (TPSA) is 41.1 Å². The summed E-state index contributed by atoms with van der Waals surface area (Å²) >= 11 is 0. The van der Waals surface area contributed by atoms with Crippen LogP contribution in [0.5, 0.6) is 0 Å². The number of anilines is 2. The summed E-state index contributed by atoms with van der Waals surface area (Å²) in [6, 6.07) is 12.2. The number of carbonyl (C=O) groups excluding carboxylic acids is 1. The SMILES string of the molecule is CC(=O)Nc1cc(NCc2cccc(F)c2)ccc1C. The Morgan fingerprint density at radius 1 is 1.20 bits per heavy atom. The molecule has 0 bridgehead atoms. The summed E-state index contributed by atoms with van der Waals surface area (Å²) in [5.74, 6) is -0.345. The molecule has 104 valence electrons. The lowest BCUT2D eigenvalue weighted by atomic mass is 10.1. The van der Waals surface area contributed by atoms with Gasteiger partial charge in [-0.1, -0.05) is 18.2 Å². The van der Waals surface area contributed by atoms with E-state index < -0.39 is 0 Å². The fourth-order valence-corrected chi connectivity index (χ4v) is 1.91. The van der Waals surface area contributed by atoms with E-state index in [2.05, 4.69) is 10.6 Å². The van der Waals surface area contributed by atoms with Crippen LogP contribution in [0.4, 0.5) is 15.8 Å². The van der Waals surface area contributed by atoms with Crippen LogP contribution in [0.3, 0.4) is 0 Å². The number of hydrogen-bond acceptors (Lipinski definition) is 2. The third kappa shape index (κ3) is 3.82. The maximum Gasteiger partial charge on any atom is 0.221 e. The molecule has 2 aromatic rings. The Labute approximate surface area is 117 Å². The van der Waals surface area contributed by atoms with Crippen molar-refractivity contribution < 1.29 is 9.18 Å². The van der Waals surface area contributed by atoms with Gasteiger partial charge in [0.1, 0.15) is 5.82 Å². The van der Waals surface area contributed by atoms with Gasteiger partial charge in [0, 0.05) is 24.8 Å². The van der Waals surface area contributed by atoms with Crippen molar-refractivity contribution in [1.82, 2.24) is 0 Å². The van der Waals surface area contributed by atoms with E-state index in [1.807, 2.05) is 31.2 Å². The van der Waals surface area contributed by atoms with Crippen molar-refractivity contribution in [1.29, 1.82) is 0 Å². The van der Waals surface area contributed by atoms with Crippen LogP contribution >= 0.6 is 0 Å². The van der Waals surface area contributed by atoms with Crippen molar-refractivity contribution in [2.24, 2.45) is 0 Å². The fourth-order valence-electron chi connectivity index (χ4n) is 1.91. The molecule has 0 heterocycles. The summed E-state index contributed by atoms with van der Waals surface area (Å²) in [6.45, 7) is 3.94. The summed E-state index contributed by atoms with van der Waals surface area (Å²) in [6.07, 6.45) is 0. The normalized spacial score (nSPS) is 10.2. The van der Waals surface area contributed by atoms with Crippen LogP contribution in [0.2, 0.25) is 0 Å². The smallest absolute Gasteiger partial charge is 0.221 e. The van der Waals surface area contributed by atoms with Gasteiger partial charge in [0.2, 0.25) is 5.91 Å². The first-order valence-corrected chi connectivity index (χ1v) is 6.41. The first kappa shape index (κ1) is 14.1. The molecule has 0 atom stereocenters. The molecule has 0 aliphatic rings. The van der Waals surface area contributed by atoms with E-state index >= 15 is 0 Å². The highest BCUT2D eigenvalue weighted by Gasteiger charge is 2.02. The quantitative estimate of drug-likeness (QED) is 0.891. The third-order valence-electron chi connectivity index (χ3n) is 2.93. The van der Waals surface area contributed by atoms with E-state index in [0.717, 1.165) is 22.5 Å². The Kier molecular flexibility index (Phi) is 4.35. The minimum absolute atomic E-state index is 0.101. The highest BCUT2D eigenvalue weighted by molar-refractivity contribution is 5.90. The molecule has 0 unspecified atom stereocenters. The molecule has 2 aromatic carbocycles. The predicted octanol–water partition coefficient (Wildman–Crippen LogP) is 3.70. The summed E-state index contributed by atoms with van der Waals surface area (Å²) in [5, 5.41) is 5.99. The highest BCUT2D eigenvalue weighted by Crippen LogP contribution is 2.20. The minimum atomic E-state index is -0.243. The van der Waals surface area contributed by atoms with E-state index in [9.17, 15) is 9.18 Å². The number of amides is 1. The lowest BCUT2D eigenvalue weighted by Gasteiger charge is -2.11. The number of halogens is 1. The van der Waals surface area contributed by atoms with Crippen molar-refractivity contribution in [3.63, 3.8) is 0 Å². The predicted molar refractivity (Wildman–Crippen MR) is 79.2 cm³/mol. The number of carbonyl (C=O) groups is 1. The zero-order valence-corrected chi connectivity index (χ0v) is 11.5. The Balaban J connectivity index is 2.08. The van der Waals surface area contributed by atoms with E-state index in [4.69, 9.17) is 0 Å². The Morgan fingerprint density at radius 3 is 2.70 bits per heavy atom. The maximum atomic E-state index is 13.1. The summed E-state index contributed by atoms with van der Waals surface area (Å²) in [5.41, 5.74) is 3.52. The molecule has 1 amide bonds. The van der Waals surface area contributed by atoms with Gasteiger partial charge in [0.05, 0.1) is 0 Å². The maximum absolute atomic E-state index is 13.1. The van der Waals surface area contributed by atoms with Crippen molar-refractivity contribution in [3.8, 4) is 0 Å². The Hall–Kier alpha value is -2.36. The van der Waals surface area contributed by atoms with Crippen molar-refractivity contribution in [3.05, 3.63) is 59.4 Å². The largest absolute Gasteiger partial charge is 0.381 e. The summed E-state index contributed by atoms with van der Waals surface area (Å²) in [4.78, 5) is 11.1. The van der Waals surface area contributed by atoms with Crippen LogP contribution in [0.25, 0.3) is 0 Å². The second-order valence-corrected chi connectivity index (χ2v) is 4.69. The second-order valence-electron chi connectivity index (χ2n) is 4.69. The monoisotopic (exact) mass is 272 g/mol. The zero-order valence-electron chi connectivity index (χ0n) is 11.5. The number of benzene rings is 2. The van der Waals surface area contributed by atoms with E-state index in [1.165, 1.54) is 19.1 Å². The van der Waals surface area contributed by atoms with Gasteiger partial charge in [-0.2, -0.15) is 0 Å². The molecule has 0 saturated heterocycles. The van der Waals surface area contributed by atoms with Crippen LogP contribution in [-0.2, 0) is 11.3 Å². The Morgan fingerprint density at radius 2 is 2.00 bits per heavy atom. The molecule has 20 heavy (non-hydrogen) atoms. The van der Waals surface area contributed by atoms with E-state index in [0.29, 0.717) is 6.54 Å². The highest BCUT2D eigenvalue weighted by atomic mass is 19.1. The average Bonchev–Trinajstić information content (AvgIpc) is 2.39. The van der Waals surface area contributed by atoms with Crippen molar-refractivity contribution in [2.45, 2.75) is 20.4 Å². The van der Waals surface area contributed by atoms with Gasteiger partial charge in [-0.15, -0.1) is 0 Å². The van der Waals surface area contributed by atoms with Gasteiger partial charge in [0.15, 0.2) is 0 Å². The van der Waals surface area contributed by atoms with Gasteiger partial charge in [-0.3, -0.25) is 4.79 Å². The van der Waals surface area contributed by atoms with Crippen LogP contribution in [0.15, 0.2) is 42.5 Å². The fraction of sp³-hybridized carbons (Fsp3) is 0.188. The van der Waals surface area contributed by atoms with Crippen LogP contribution in [-0.4, -0.2) is 5.91 Å². The van der Waals surface area contributed by atoms with Gasteiger partial charge in [-0.05, 0) is 42.3 Å². The zero-order chi connectivity index (χ0) is 14.5. The first-order valence-electron chi connectivity index (χ1n) is 6.41. The molecule has 3 nitrogen and oxygen atoms in total.